The molecule has 0 spiro atoms. The Bertz CT molecular complexity index is 391. The van der Waals surface area contributed by atoms with Crippen molar-refractivity contribution in [1.82, 2.24) is 10.3 Å². The van der Waals surface area contributed by atoms with Crippen LogP contribution in [0, 0.1) is 0 Å². The van der Waals surface area contributed by atoms with Gasteiger partial charge in [0.25, 0.3) is 5.91 Å². The fourth-order valence-electron chi connectivity index (χ4n) is 1.04. The summed E-state index contributed by atoms with van der Waals surface area (Å²) in [6, 6.07) is 1.57. The second kappa shape index (κ2) is 7.08. The third-order valence-corrected chi connectivity index (χ3v) is 2.29. The first kappa shape index (κ1) is 13.7. The topological polar surface area (TPSA) is 80.4 Å². The predicted molar refractivity (Wildman–Crippen MR) is 63.7 cm³/mol. The van der Waals surface area contributed by atoms with Crippen molar-refractivity contribution in [3.05, 3.63) is 22.4 Å². The average molecular weight is 305 g/mol. The maximum Gasteiger partial charge on any atom is 0.355 e. The van der Waals surface area contributed by atoms with Gasteiger partial charge in [-0.2, -0.15) is 0 Å². The van der Waals surface area contributed by atoms with E-state index in [0.29, 0.717) is 18.8 Å². The quantitative estimate of drug-likeness (QED) is 0.599. The van der Waals surface area contributed by atoms with E-state index in [-0.39, 0.29) is 12.5 Å². The molecule has 1 heterocycles. The Hall–Kier alpha value is -1.34. The summed E-state index contributed by atoms with van der Waals surface area (Å²) >= 11 is 3.19. The summed E-state index contributed by atoms with van der Waals surface area (Å²) < 4.78 is 10.3. The van der Waals surface area contributed by atoms with Gasteiger partial charge in [-0.05, 0) is 22.0 Å². The molecule has 7 heteroatoms. The van der Waals surface area contributed by atoms with Crippen molar-refractivity contribution in [2.45, 2.75) is 0 Å². The van der Waals surface area contributed by atoms with Crippen LogP contribution in [0.3, 0.4) is 0 Å². The number of hydrogen-bond donors (Lipinski definition) is 2. The van der Waals surface area contributed by atoms with E-state index in [1.54, 1.807) is 12.3 Å². The highest BCUT2D eigenvalue weighted by molar-refractivity contribution is 9.10. The third-order valence-electron chi connectivity index (χ3n) is 1.83. The zero-order chi connectivity index (χ0) is 12.7. The third kappa shape index (κ3) is 5.01. The number of amides is 1. The molecule has 1 rings (SSSR count). The molecule has 1 aromatic rings. The van der Waals surface area contributed by atoms with Crippen molar-refractivity contribution < 1.29 is 19.1 Å². The number of H-pyrrole nitrogens is 1. The molecular formula is C10H13BrN2O4. The maximum absolute atomic E-state index is 11.4. The molecular weight excluding hydrogens is 292 g/mol. The molecule has 94 valence electrons. The van der Waals surface area contributed by atoms with Gasteiger partial charge in [0.05, 0.1) is 6.61 Å². The summed E-state index contributed by atoms with van der Waals surface area (Å²) in [6.07, 6.45) is 1.61. The van der Waals surface area contributed by atoms with E-state index in [9.17, 15) is 9.59 Å². The van der Waals surface area contributed by atoms with E-state index in [2.05, 4.69) is 26.2 Å². The Kier molecular flexibility index (Phi) is 5.71. The molecule has 17 heavy (non-hydrogen) atoms. The largest absolute Gasteiger partial charge is 0.451 e. The van der Waals surface area contributed by atoms with Gasteiger partial charge < -0.3 is 19.8 Å². The Morgan fingerprint density at radius 3 is 2.88 bits per heavy atom. The smallest absolute Gasteiger partial charge is 0.355 e. The molecule has 0 bridgehead atoms. The molecule has 0 aliphatic carbocycles. The van der Waals surface area contributed by atoms with Crippen LogP contribution in [0.15, 0.2) is 16.7 Å². The van der Waals surface area contributed by atoms with Crippen LogP contribution in [0.5, 0.6) is 0 Å². The summed E-state index contributed by atoms with van der Waals surface area (Å²) in [5.41, 5.74) is 0.293. The van der Waals surface area contributed by atoms with E-state index < -0.39 is 5.97 Å². The van der Waals surface area contributed by atoms with Crippen molar-refractivity contribution in [2.24, 2.45) is 0 Å². The van der Waals surface area contributed by atoms with Crippen LogP contribution in [-0.2, 0) is 14.3 Å². The predicted octanol–water partition coefficient (Wildman–Crippen LogP) is 0.697. The van der Waals surface area contributed by atoms with Crippen molar-refractivity contribution in [2.75, 3.05) is 26.9 Å². The molecule has 0 saturated heterocycles. The van der Waals surface area contributed by atoms with Gasteiger partial charge in [0.15, 0.2) is 6.61 Å². The minimum Gasteiger partial charge on any atom is -0.451 e. The van der Waals surface area contributed by atoms with Gasteiger partial charge in [-0.15, -0.1) is 0 Å². The fraction of sp³-hybridized carbons (Fsp3) is 0.400. The summed E-state index contributed by atoms with van der Waals surface area (Å²) in [5, 5.41) is 2.53. The Labute approximate surface area is 107 Å². The van der Waals surface area contributed by atoms with Crippen molar-refractivity contribution in [3.63, 3.8) is 0 Å². The number of rotatable bonds is 6. The number of halogens is 1. The summed E-state index contributed by atoms with van der Waals surface area (Å²) in [7, 11) is 1.54. The van der Waals surface area contributed by atoms with Crippen molar-refractivity contribution in [3.8, 4) is 0 Å². The van der Waals surface area contributed by atoms with Gasteiger partial charge in [-0.25, -0.2) is 4.79 Å². The number of esters is 1. The highest BCUT2D eigenvalue weighted by Gasteiger charge is 2.11. The number of hydrogen-bond acceptors (Lipinski definition) is 4. The molecule has 0 atom stereocenters. The number of ether oxygens (including phenoxy) is 2. The molecule has 0 saturated carbocycles. The van der Waals surface area contributed by atoms with Gasteiger partial charge in [0.1, 0.15) is 5.69 Å². The summed E-state index contributed by atoms with van der Waals surface area (Å²) in [5.74, 6) is -0.932. The van der Waals surface area contributed by atoms with Crippen LogP contribution in [0.1, 0.15) is 10.5 Å². The zero-order valence-electron chi connectivity index (χ0n) is 9.29. The molecule has 0 aliphatic heterocycles. The minimum absolute atomic E-state index is 0.293. The number of carbonyl (C=O) groups excluding carboxylic acids is 2. The normalized spacial score (nSPS) is 10.0. The first-order valence-corrected chi connectivity index (χ1v) is 5.69. The lowest BCUT2D eigenvalue weighted by Gasteiger charge is -2.05. The molecule has 6 nitrogen and oxygen atoms in total. The SMILES string of the molecule is COCCNC(=O)COC(=O)c1cc(Br)c[nH]1. The lowest BCUT2D eigenvalue weighted by atomic mass is 10.4. The highest BCUT2D eigenvalue weighted by atomic mass is 79.9. The van der Waals surface area contributed by atoms with Crippen LogP contribution >= 0.6 is 15.9 Å². The number of methoxy groups -OCH3 is 1. The molecule has 1 amide bonds. The number of carbonyl (C=O) groups is 2. The van der Waals surface area contributed by atoms with Crippen LogP contribution in [0.25, 0.3) is 0 Å². The van der Waals surface area contributed by atoms with Crippen LogP contribution in [0.4, 0.5) is 0 Å². The fourth-order valence-corrected chi connectivity index (χ4v) is 1.38. The van der Waals surface area contributed by atoms with Gasteiger partial charge in [-0.3, -0.25) is 4.79 Å². The van der Waals surface area contributed by atoms with Gasteiger partial charge in [-0.1, -0.05) is 0 Å². The second-order valence-corrected chi connectivity index (χ2v) is 4.07. The lowest BCUT2D eigenvalue weighted by Crippen LogP contribution is -2.31. The standard InChI is InChI=1S/C10H13BrN2O4/c1-16-3-2-12-9(14)6-17-10(15)8-4-7(11)5-13-8/h4-5,13H,2-3,6H2,1H3,(H,12,14). The zero-order valence-corrected chi connectivity index (χ0v) is 10.9. The number of nitrogens with one attached hydrogen (secondary N) is 2. The first-order chi connectivity index (χ1) is 8.13. The van der Waals surface area contributed by atoms with E-state index in [1.807, 2.05) is 0 Å². The van der Waals surface area contributed by atoms with Gasteiger partial charge in [0, 0.05) is 24.3 Å². The summed E-state index contributed by atoms with van der Waals surface area (Å²) in [6.45, 7) is 0.503. The number of aromatic amines is 1. The average Bonchev–Trinajstić information content (AvgIpc) is 2.73. The lowest BCUT2D eigenvalue weighted by molar-refractivity contribution is -0.124. The van der Waals surface area contributed by atoms with Gasteiger partial charge >= 0.3 is 5.97 Å². The molecule has 0 unspecified atom stereocenters. The van der Waals surface area contributed by atoms with Crippen LogP contribution in [-0.4, -0.2) is 43.7 Å². The van der Waals surface area contributed by atoms with Crippen molar-refractivity contribution in [1.29, 1.82) is 0 Å². The highest BCUT2D eigenvalue weighted by Crippen LogP contribution is 2.11. The Balaban J connectivity index is 2.26. The molecule has 2 N–H and O–H groups in total. The summed E-state index contributed by atoms with van der Waals surface area (Å²) in [4.78, 5) is 25.3. The molecule has 0 aliphatic rings. The maximum atomic E-state index is 11.4. The van der Waals surface area contributed by atoms with E-state index in [4.69, 9.17) is 9.47 Å². The Morgan fingerprint density at radius 2 is 2.29 bits per heavy atom. The molecule has 0 radical (unpaired) electrons. The van der Waals surface area contributed by atoms with Crippen LogP contribution < -0.4 is 5.32 Å². The van der Waals surface area contributed by atoms with E-state index >= 15 is 0 Å². The van der Waals surface area contributed by atoms with E-state index in [0.717, 1.165) is 4.47 Å². The number of aromatic nitrogens is 1. The minimum atomic E-state index is -0.572. The Morgan fingerprint density at radius 1 is 1.53 bits per heavy atom. The van der Waals surface area contributed by atoms with Gasteiger partial charge in [0.2, 0.25) is 0 Å². The first-order valence-electron chi connectivity index (χ1n) is 4.90. The van der Waals surface area contributed by atoms with Crippen LogP contribution in [0.2, 0.25) is 0 Å². The molecule has 1 aromatic heterocycles. The van der Waals surface area contributed by atoms with Crippen molar-refractivity contribution >= 4 is 27.8 Å². The van der Waals surface area contributed by atoms with E-state index in [1.165, 1.54) is 7.11 Å². The molecule has 0 fully saturated rings. The second-order valence-electron chi connectivity index (χ2n) is 3.15. The molecule has 0 aromatic carbocycles. The monoisotopic (exact) mass is 304 g/mol.